The van der Waals surface area contributed by atoms with E-state index in [-0.39, 0.29) is 22.5 Å². The molecule has 0 bridgehead atoms. The number of halogens is 3. The van der Waals surface area contributed by atoms with Crippen LogP contribution in [0.3, 0.4) is 0 Å². The van der Waals surface area contributed by atoms with E-state index >= 15 is 0 Å². The highest BCUT2D eigenvalue weighted by molar-refractivity contribution is 5.80. The molecule has 0 saturated heterocycles. The fourth-order valence-electron chi connectivity index (χ4n) is 2.69. The fourth-order valence-corrected chi connectivity index (χ4v) is 2.69. The third kappa shape index (κ3) is 4.73. The van der Waals surface area contributed by atoms with Crippen molar-refractivity contribution in [2.75, 3.05) is 14.2 Å². The Morgan fingerprint density at radius 2 is 1.61 bits per heavy atom. The predicted octanol–water partition coefficient (Wildman–Crippen LogP) is 4.55. The molecule has 0 spiro atoms. The molecule has 1 heterocycles. The minimum atomic E-state index is -5.01. The van der Waals surface area contributed by atoms with Crippen LogP contribution >= 0.6 is 0 Å². The average Bonchev–Trinajstić information content (AvgIpc) is 2.74. The minimum absolute atomic E-state index is 0.00944. The van der Waals surface area contributed by atoms with Crippen LogP contribution in [0, 0.1) is 0 Å². The maximum absolute atomic E-state index is 13.6. The van der Waals surface area contributed by atoms with E-state index < -0.39 is 35.2 Å². The van der Waals surface area contributed by atoms with E-state index in [2.05, 4.69) is 4.74 Å². The highest BCUT2D eigenvalue weighted by Crippen LogP contribution is 2.38. The van der Waals surface area contributed by atoms with Crippen molar-refractivity contribution in [3.05, 3.63) is 58.4 Å². The molecule has 0 aliphatic carbocycles. The van der Waals surface area contributed by atoms with Crippen LogP contribution in [0.25, 0.3) is 11.0 Å². The molecule has 3 rings (SSSR count). The third-order valence-corrected chi connectivity index (χ3v) is 4.20. The van der Waals surface area contributed by atoms with Crippen molar-refractivity contribution < 1.29 is 41.3 Å². The molecule has 1 unspecified atom stereocenters. The Bertz CT molecular complexity index is 1150. The molecular weight excluding hydrogens is 421 g/mol. The van der Waals surface area contributed by atoms with Gasteiger partial charge in [0.2, 0.25) is 11.2 Å². The number of hydrogen-bond acceptors (Lipinski definition) is 7. The van der Waals surface area contributed by atoms with Crippen molar-refractivity contribution in [3.8, 4) is 23.0 Å². The fraction of sp³-hybridized carbons (Fsp3) is 0.238. The smallest absolute Gasteiger partial charge is 0.453 e. The first kappa shape index (κ1) is 22.0. The Balaban J connectivity index is 2.07. The van der Waals surface area contributed by atoms with Gasteiger partial charge in [0.15, 0.2) is 6.10 Å². The number of esters is 1. The van der Waals surface area contributed by atoms with E-state index in [4.69, 9.17) is 18.6 Å². The van der Waals surface area contributed by atoms with Gasteiger partial charge in [0.25, 0.3) is 5.76 Å². The largest absolute Gasteiger partial charge is 0.497 e. The number of carbonyl (C=O) groups excluding carboxylic acids is 1. The number of carbonyl (C=O) groups is 1. The lowest BCUT2D eigenvalue weighted by Gasteiger charge is -2.15. The molecule has 0 fully saturated rings. The highest BCUT2D eigenvalue weighted by atomic mass is 19.4. The van der Waals surface area contributed by atoms with Gasteiger partial charge < -0.3 is 23.4 Å². The summed E-state index contributed by atoms with van der Waals surface area (Å²) in [5.74, 6) is -2.81. The first-order chi connectivity index (χ1) is 14.6. The number of hydrogen-bond donors (Lipinski definition) is 0. The Labute approximate surface area is 173 Å². The van der Waals surface area contributed by atoms with Gasteiger partial charge in [-0.15, -0.1) is 0 Å². The van der Waals surface area contributed by atoms with Crippen LogP contribution in [0.15, 0.2) is 51.7 Å². The first-order valence-electron chi connectivity index (χ1n) is 8.88. The molecule has 1 aromatic heterocycles. The molecule has 3 aromatic rings. The summed E-state index contributed by atoms with van der Waals surface area (Å²) in [6, 6.07) is 9.28. The quantitative estimate of drug-likeness (QED) is 0.522. The molecule has 2 aromatic carbocycles. The standard InChI is InChI=1S/C21H17F3O7/c1-11(20(26)28-3)29-14-8-9-15-16(10-14)31-19(21(22,23)24)18(17(15)25)30-13-6-4-12(27-2)5-7-13/h4-11H,1-3H3. The Morgan fingerprint density at radius 3 is 2.19 bits per heavy atom. The molecule has 0 amide bonds. The number of ether oxygens (including phenoxy) is 4. The normalized spacial score (nSPS) is 12.3. The van der Waals surface area contributed by atoms with Crippen molar-refractivity contribution >= 4 is 16.9 Å². The van der Waals surface area contributed by atoms with Gasteiger partial charge >= 0.3 is 12.1 Å². The van der Waals surface area contributed by atoms with Gasteiger partial charge in [-0.2, -0.15) is 13.2 Å². The summed E-state index contributed by atoms with van der Waals surface area (Å²) in [7, 11) is 2.60. The summed E-state index contributed by atoms with van der Waals surface area (Å²) in [5.41, 5.74) is -1.40. The summed E-state index contributed by atoms with van der Waals surface area (Å²) in [6.07, 6.45) is -6.03. The summed E-state index contributed by atoms with van der Waals surface area (Å²) in [4.78, 5) is 24.3. The Kier molecular flexibility index (Phi) is 6.09. The van der Waals surface area contributed by atoms with Crippen molar-refractivity contribution in [2.45, 2.75) is 19.2 Å². The molecule has 1 atom stereocenters. The summed E-state index contributed by atoms with van der Waals surface area (Å²) in [6.45, 7) is 1.40. The lowest BCUT2D eigenvalue weighted by atomic mass is 10.2. The van der Waals surface area contributed by atoms with Crippen LogP contribution in [-0.2, 0) is 15.7 Å². The van der Waals surface area contributed by atoms with Gasteiger partial charge in [0.1, 0.15) is 22.8 Å². The van der Waals surface area contributed by atoms with Crippen LogP contribution in [0.4, 0.5) is 13.2 Å². The lowest BCUT2D eigenvalue weighted by molar-refractivity contribution is -0.154. The molecule has 31 heavy (non-hydrogen) atoms. The summed E-state index contributed by atoms with van der Waals surface area (Å²) >= 11 is 0. The van der Waals surface area contributed by atoms with E-state index in [1.807, 2.05) is 0 Å². The Hall–Kier alpha value is -3.69. The molecular formula is C21H17F3O7. The van der Waals surface area contributed by atoms with Crippen molar-refractivity contribution in [1.82, 2.24) is 0 Å². The second-order valence-electron chi connectivity index (χ2n) is 6.31. The molecule has 0 N–H and O–H groups in total. The van der Waals surface area contributed by atoms with Gasteiger partial charge in [-0.25, -0.2) is 4.79 Å². The average molecular weight is 438 g/mol. The number of fused-ring (bicyclic) bond motifs is 1. The van der Waals surface area contributed by atoms with E-state index in [0.717, 1.165) is 6.07 Å². The number of methoxy groups -OCH3 is 2. The van der Waals surface area contributed by atoms with Gasteiger partial charge in [0, 0.05) is 6.07 Å². The summed E-state index contributed by atoms with van der Waals surface area (Å²) in [5, 5.41) is -0.158. The van der Waals surface area contributed by atoms with Crippen molar-refractivity contribution in [1.29, 1.82) is 0 Å². The van der Waals surface area contributed by atoms with Crippen LogP contribution in [0.1, 0.15) is 12.7 Å². The van der Waals surface area contributed by atoms with Crippen molar-refractivity contribution in [2.24, 2.45) is 0 Å². The number of alkyl halides is 3. The molecule has 10 heteroatoms. The van der Waals surface area contributed by atoms with E-state index in [1.165, 1.54) is 57.5 Å². The predicted molar refractivity (Wildman–Crippen MR) is 103 cm³/mol. The molecule has 0 aliphatic heterocycles. The molecule has 7 nitrogen and oxygen atoms in total. The topological polar surface area (TPSA) is 84.2 Å². The zero-order valence-corrected chi connectivity index (χ0v) is 16.6. The van der Waals surface area contributed by atoms with Crippen LogP contribution in [0.2, 0.25) is 0 Å². The molecule has 164 valence electrons. The second kappa shape index (κ2) is 8.58. The third-order valence-electron chi connectivity index (χ3n) is 4.20. The van der Waals surface area contributed by atoms with Gasteiger partial charge in [0.05, 0.1) is 19.6 Å². The highest BCUT2D eigenvalue weighted by Gasteiger charge is 2.40. The zero-order chi connectivity index (χ0) is 22.8. The van der Waals surface area contributed by atoms with Crippen molar-refractivity contribution in [3.63, 3.8) is 0 Å². The van der Waals surface area contributed by atoms with Gasteiger partial charge in [-0.3, -0.25) is 4.79 Å². The SMILES string of the molecule is COC(=O)C(C)Oc1ccc2c(=O)c(Oc3ccc(OC)cc3)c(C(F)(F)F)oc2c1. The lowest BCUT2D eigenvalue weighted by Crippen LogP contribution is -2.24. The molecule has 0 aliphatic rings. The van der Waals surface area contributed by atoms with Crippen LogP contribution in [-0.4, -0.2) is 26.3 Å². The maximum atomic E-state index is 13.6. The number of benzene rings is 2. The zero-order valence-electron chi connectivity index (χ0n) is 16.6. The first-order valence-corrected chi connectivity index (χ1v) is 8.88. The molecule has 0 radical (unpaired) electrons. The van der Waals surface area contributed by atoms with E-state index in [1.54, 1.807) is 0 Å². The van der Waals surface area contributed by atoms with Gasteiger partial charge in [-0.05, 0) is 43.3 Å². The maximum Gasteiger partial charge on any atom is 0.453 e. The van der Waals surface area contributed by atoms with Crippen LogP contribution < -0.4 is 19.6 Å². The van der Waals surface area contributed by atoms with Gasteiger partial charge in [-0.1, -0.05) is 0 Å². The molecule has 0 saturated carbocycles. The second-order valence-corrected chi connectivity index (χ2v) is 6.31. The van der Waals surface area contributed by atoms with E-state index in [9.17, 15) is 22.8 Å². The Morgan fingerprint density at radius 1 is 1.00 bits per heavy atom. The number of rotatable bonds is 6. The minimum Gasteiger partial charge on any atom is -0.497 e. The van der Waals surface area contributed by atoms with Crippen LogP contribution in [0.5, 0.6) is 23.0 Å². The van der Waals surface area contributed by atoms with E-state index in [0.29, 0.717) is 5.75 Å². The monoisotopic (exact) mass is 438 g/mol. The summed E-state index contributed by atoms with van der Waals surface area (Å²) < 4.78 is 65.9.